The van der Waals surface area contributed by atoms with Crippen molar-refractivity contribution >= 4 is 11.9 Å². The molecule has 0 saturated carbocycles. The Bertz CT molecular complexity index is 1310. The maximum Gasteiger partial charge on any atom is 0.305 e. The van der Waals surface area contributed by atoms with Crippen LogP contribution in [0.4, 0.5) is 0 Å². The van der Waals surface area contributed by atoms with E-state index < -0.39 is 12.1 Å². The highest BCUT2D eigenvalue weighted by Gasteiger charge is 2.18. The maximum absolute atomic E-state index is 12.5. The van der Waals surface area contributed by atoms with Gasteiger partial charge in [0, 0.05) is 12.8 Å². The van der Waals surface area contributed by atoms with Crippen LogP contribution in [-0.4, -0.2) is 47.4 Å². The van der Waals surface area contributed by atoms with Gasteiger partial charge in [-0.2, -0.15) is 0 Å². The third kappa shape index (κ3) is 67.1. The molecule has 2 atom stereocenters. The zero-order valence-corrected chi connectivity index (χ0v) is 54.8. The summed E-state index contributed by atoms with van der Waals surface area (Å²) in [5.74, 6) is -0.0464. The normalized spacial score (nSPS) is 12.7. The number of ether oxygens (including phenoxy) is 1. The van der Waals surface area contributed by atoms with Crippen molar-refractivity contribution in [3.05, 3.63) is 36.5 Å². The minimum Gasteiger partial charge on any atom is -0.466 e. The molecule has 3 N–H and O–H groups in total. The van der Waals surface area contributed by atoms with Gasteiger partial charge in [-0.1, -0.05) is 365 Å². The Morgan fingerprint density at radius 2 is 0.617 bits per heavy atom. The molecule has 0 aliphatic rings. The lowest BCUT2D eigenvalue weighted by Gasteiger charge is -2.20. The van der Waals surface area contributed by atoms with Gasteiger partial charge in [-0.05, 0) is 64.2 Å². The predicted octanol–water partition coefficient (Wildman–Crippen LogP) is 23.9. The number of aliphatic hydroxyl groups excluding tert-OH is 2. The van der Waals surface area contributed by atoms with Crippen molar-refractivity contribution in [3.63, 3.8) is 0 Å². The number of unbranched alkanes of at least 4 members (excludes halogenated alkanes) is 54. The van der Waals surface area contributed by atoms with Crippen molar-refractivity contribution < 1.29 is 24.5 Å². The average Bonchev–Trinajstić information content (AvgIpc) is 3.47. The Kier molecular flexibility index (Phi) is 68.9. The minimum atomic E-state index is -0.844. The molecule has 6 nitrogen and oxygen atoms in total. The van der Waals surface area contributed by atoms with Gasteiger partial charge < -0.3 is 20.3 Å². The first-order valence-corrected chi connectivity index (χ1v) is 36.8. The Morgan fingerprint density at radius 1 is 0.346 bits per heavy atom. The molecule has 0 aliphatic heterocycles. The molecule has 0 aromatic carbocycles. The summed E-state index contributed by atoms with van der Waals surface area (Å²) in [4.78, 5) is 24.6. The Hall–Kier alpha value is -1.92. The Labute approximate surface area is 506 Å². The number of hydrogen-bond acceptors (Lipinski definition) is 5. The summed E-state index contributed by atoms with van der Waals surface area (Å²) in [7, 11) is 0. The van der Waals surface area contributed by atoms with Gasteiger partial charge in [-0.3, -0.25) is 9.59 Å². The van der Waals surface area contributed by atoms with E-state index >= 15 is 0 Å². The summed E-state index contributed by atoms with van der Waals surface area (Å²) in [5.41, 5.74) is 0. The van der Waals surface area contributed by atoms with Crippen LogP contribution in [-0.2, 0) is 14.3 Å². The van der Waals surface area contributed by atoms with Crippen LogP contribution < -0.4 is 5.32 Å². The molecular formula is C75H143NO5. The molecule has 0 rings (SSSR count). The highest BCUT2D eigenvalue weighted by atomic mass is 16.5. The zero-order valence-electron chi connectivity index (χ0n) is 54.8. The molecule has 81 heavy (non-hydrogen) atoms. The van der Waals surface area contributed by atoms with Crippen molar-refractivity contribution in [1.82, 2.24) is 5.32 Å². The number of rotatable bonds is 69. The van der Waals surface area contributed by atoms with E-state index in [-0.39, 0.29) is 18.5 Å². The van der Waals surface area contributed by atoms with Crippen molar-refractivity contribution in [2.75, 3.05) is 13.2 Å². The lowest BCUT2D eigenvalue weighted by Crippen LogP contribution is -2.45. The molecule has 2 unspecified atom stereocenters. The summed E-state index contributed by atoms with van der Waals surface area (Å²) in [6.07, 6.45) is 91.0. The van der Waals surface area contributed by atoms with Gasteiger partial charge in [0.1, 0.15) is 0 Å². The Morgan fingerprint density at radius 3 is 0.938 bits per heavy atom. The average molecular weight is 1140 g/mol. The smallest absolute Gasteiger partial charge is 0.305 e. The van der Waals surface area contributed by atoms with Crippen LogP contribution in [0.1, 0.15) is 406 Å². The van der Waals surface area contributed by atoms with E-state index in [1.165, 1.54) is 334 Å². The minimum absolute atomic E-state index is 0.0167. The quantitative estimate of drug-likeness (QED) is 0.0320. The number of aliphatic hydroxyl groups is 2. The van der Waals surface area contributed by atoms with E-state index in [2.05, 4.69) is 43.5 Å². The number of allylic oxidation sites excluding steroid dienone is 5. The molecule has 0 saturated heterocycles. The fourth-order valence-electron chi connectivity index (χ4n) is 11.6. The summed E-state index contributed by atoms with van der Waals surface area (Å²) < 4.78 is 5.49. The SMILES string of the molecule is CCCCCCCCCCCCCCCCC/C=C/C(O)C(CO)NC(=O)CCCCCCCCCCCCCCCCCCC/C=C\C/C=C\CCCCCCCCCCCOC(=O)CCCCCCCCCCCCCCCC. The van der Waals surface area contributed by atoms with Gasteiger partial charge >= 0.3 is 5.97 Å². The molecule has 6 heteroatoms. The van der Waals surface area contributed by atoms with Crippen molar-refractivity contribution in [1.29, 1.82) is 0 Å². The van der Waals surface area contributed by atoms with E-state index in [1.807, 2.05) is 6.08 Å². The topological polar surface area (TPSA) is 95.9 Å². The highest BCUT2D eigenvalue weighted by Crippen LogP contribution is 2.19. The summed E-state index contributed by atoms with van der Waals surface area (Å²) in [5, 5.41) is 23.2. The Balaban J connectivity index is 3.39. The zero-order chi connectivity index (χ0) is 58.5. The standard InChI is InChI=1S/C75H143NO5/c1-3-5-7-9-11-13-15-17-19-37-40-43-47-51-55-59-63-67-73(78)72(71-77)76-74(79)68-64-60-56-52-48-44-41-38-35-33-31-29-27-25-23-21-20-22-24-26-28-30-32-34-36-39-42-46-50-54-58-62-66-70-81-75(80)69-65-61-57-53-49-45-18-16-14-12-10-8-6-4-2/h24,26,30,32,63,67,72-73,77-78H,3-23,25,27-29,31,33-62,64-66,68-71H2,1-2H3,(H,76,79)/b26-24-,32-30-,67-63+. The first-order valence-electron chi connectivity index (χ1n) is 36.8. The molecule has 0 fully saturated rings. The lowest BCUT2D eigenvalue weighted by atomic mass is 10.0. The van der Waals surface area contributed by atoms with Gasteiger partial charge in [0.05, 0.1) is 25.4 Å². The van der Waals surface area contributed by atoms with Crippen LogP contribution in [0.15, 0.2) is 36.5 Å². The van der Waals surface area contributed by atoms with E-state index in [9.17, 15) is 19.8 Å². The van der Waals surface area contributed by atoms with E-state index in [1.54, 1.807) is 6.08 Å². The molecule has 1 amide bonds. The number of nitrogens with one attached hydrogen (secondary N) is 1. The molecule has 478 valence electrons. The van der Waals surface area contributed by atoms with Crippen LogP contribution in [0, 0.1) is 0 Å². The number of amides is 1. The number of carbonyl (C=O) groups is 2. The third-order valence-corrected chi connectivity index (χ3v) is 17.2. The molecule has 0 heterocycles. The molecule has 0 bridgehead atoms. The van der Waals surface area contributed by atoms with Gasteiger partial charge in [0.15, 0.2) is 0 Å². The second-order valence-electron chi connectivity index (χ2n) is 25.3. The van der Waals surface area contributed by atoms with Crippen LogP contribution >= 0.6 is 0 Å². The predicted molar refractivity (Wildman–Crippen MR) is 356 cm³/mol. The van der Waals surface area contributed by atoms with Gasteiger partial charge in [-0.15, -0.1) is 0 Å². The first-order chi connectivity index (χ1) is 40.0. The lowest BCUT2D eigenvalue weighted by molar-refractivity contribution is -0.143. The van der Waals surface area contributed by atoms with Gasteiger partial charge in [0.2, 0.25) is 5.91 Å². The van der Waals surface area contributed by atoms with Gasteiger partial charge in [0.25, 0.3) is 0 Å². The number of esters is 1. The molecule has 0 aromatic heterocycles. The second-order valence-corrected chi connectivity index (χ2v) is 25.3. The van der Waals surface area contributed by atoms with E-state index in [4.69, 9.17) is 4.74 Å². The van der Waals surface area contributed by atoms with Crippen LogP contribution in [0.5, 0.6) is 0 Å². The summed E-state index contributed by atoms with van der Waals surface area (Å²) in [6.45, 7) is 4.94. The first kappa shape index (κ1) is 79.1. The van der Waals surface area contributed by atoms with Crippen LogP contribution in [0.2, 0.25) is 0 Å². The van der Waals surface area contributed by atoms with Crippen LogP contribution in [0.3, 0.4) is 0 Å². The van der Waals surface area contributed by atoms with Crippen molar-refractivity contribution in [2.24, 2.45) is 0 Å². The largest absolute Gasteiger partial charge is 0.466 e. The fourth-order valence-corrected chi connectivity index (χ4v) is 11.6. The van der Waals surface area contributed by atoms with E-state index in [0.29, 0.717) is 19.4 Å². The highest BCUT2D eigenvalue weighted by molar-refractivity contribution is 5.76. The monoisotopic (exact) mass is 1140 g/mol. The van der Waals surface area contributed by atoms with Crippen molar-refractivity contribution in [3.8, 4) is 0 Å². The second kappa shape index (κ2) is 70.6. The molecule has 0 aliphatic carbocycles. The number of hydrogen-bond donors (Lipinski definition) is 3. The summed E-state index contributed by atoms with van der Waals surface area (Å²) >= 11 is 0. The molecule has 0 radical (unpaired) electrons. The molecule has 0 spiro atoms. The van der Waals surface area contributed by atoms with Crippen LogP contribution in [0.25, 0.3) is 0 Å². The fraction of sp³-hybridized carbons (Fsp3) is 0.893. The maximum atomic E-state index is 12.5. The summed E-state index contributed by atoms with van der Waals surface area (Å²) in [6, 6.07) is -0.627. The van der Waals surface area contributed by atoms with Crippen molar-refractivity contribution in [2.45, 2.75) is 418 Å². The third-order valence-electron chi connectivity index (χ3n) is 17.2. The molecule has 0 aromatic rings. The van der Waals surface area contributed by atoms with Gasteiger partial charge in [-0.25, -0.2) is 0 Å². The van der Waals surface area contributed by atoms with E-state index in [0.717, 1.165) is 44.9 Å². The molecular weight excluding hydrogens is 995 g/mol. The number of carbonyl (C=O) groups excluding carboxylic acids is 2.